The molecule has 46 valence electrons. The molecule has 0 aliphatic rings. The Labute approximate surface area is 66.8 Å². The van der Waals surface area contributed by atoms with Crippen LogP contribution in [0.1, 0.15) is 32.6 Å². The van der Waals surface area contributed by atoms with Crippen LogP contribution in [0.4, 0.5) is 0 Å². The summed E-state index contributed by atoms with van der Waals surface area (Å²) < 4.78 is 0. The predicted octanol–water partition coefficient (Wildman–Crippen LogP) is 2.85. The van der Waals surface area contributed by atoms with Crippen molar-refractivity contribution in [2.24, 2.45) is 0 Å². The van der Waals surface area contributed by atoms with Crippen molar-refractivity contribution < 1.29 is 19.5 Å². The van der Waals surface area contributed by atoms with E-state index in [1.165, 1.54) is 19.3 Å². The quantitative estimate of drug-likeness (QED) is 0.343. The minimum Gasteiger partial charge on any atom is -0.358 e. The van der Waals surface area contributed by atoms with Crippen LogP contribution in [0.25, 0.3) is 0 Å². The molecule has 0 aromatic rings. The molecule has 0 aliphatic heterocycles. The Balaban J connectivity index is -0.000000125. The molecule has 0 bridgehead atoms. The van der Waals surface area contributed by atoms with Crippen LogP contribution >= 0.6 is 0 Å². The van der Waals surface area contributed by atoms with Crippen LogP contribution in [0, 0.1) is 14.4 Å². The summed E-state index contributed by atoms with van der Waals surface area (Å²) in [5.74, 6) is 0. The summed E-state index contributed by atoms with van der Waals surface area (Å²) in [4.78, 5) is 0. The monoisotopic (exact) mass is 164 g/mol. The molecule has 0 fully saturated rings. The van der Waals surface area contributed by atoms with Crippen LogP contribution < -0.4 is 0 Å². The van der Waals surface area contributed by atoms with Crippen molar-refractivity contribution in [1.29, 1.82) is 0 Å². The Bertz CT molecular complexity index is 16.3. The zero-order valence-corrected chi connectivity index (χ0v) is 9.21. The van der Waals surface area contributed by atoms with Gasteiger partial charge in [0, 0.05) is 0 Å². The summed E-state index contributed by atoms with van der Waals surface area (Å²) in [6, 6.07) is 0. The number of hydrogen-bond donors (Lipinski definition) is 0. The molecule has 0 atom stereocenters. The zero-order valence-electron chi connectivity index (χ0n) is 6.24. The van der Waals surface area contributed by atoms with E-state index in [0.29, 0.717) is 0 Å². The van der Waals surface area contributed by atoms with Gasteiger partial charge >= 0.3 is 19.5 Å². The van der Waals surface area contributed by atoms with Crippen LogP contribution in [0.15, 0.2) is 0 Å². The summed E-state index contributed by atoms with van der Waals surface area (Å²) in [5.41, 5.74) is 0. The molecule has 0 aromatic carbocycles. The van der Waals surface area contributed by atoms with Gasteiger partial charge in [-0.15, -0.1) is 0 Å². The van der Waals surface area contributed by atoms with Crippen molar-refractivity contribution in [1.82, 2.24) is 0 Å². The maximum Gasteiger partial charge on any atom is 2.00 e. The van der Waals surface area contributed by atoms with Crippen molar-refractivity contribution in [3.05, 3.63) is 14.4 Å². The minimum atomic E-state index is 0. The molecule has 0 aromatic heterocycles. The first-order valence-electron chi connectivity index (χ1n) is 2.71. The van der Waals surface area contributed by atoms with E-state index in [0.717, 1.165) is 6.42 Å². The van der Waals surface area contributed by atoms with E-state index in [4.69, 9.17) is 0 Å². The molecule has 0 radical (unpaired) electrons. The summed E-state index contributed by atoms with van der Waals surface area (Å²) in [7, 11) is 0. The van der Waals surface area contributed by atoms with E-state index < -0.39 is 0 Å². The van der Waals surface area contributed by atoms with Gasteiger partial charge < -0.3 is 14.4 Å². The van der Waals surface area contributed by atoms with E-state index in [1.807, 2.05) is 0 Å². The Kier molecular flexibility index (Phi) is 31.0. The predicted molar refractivity (Wildman–Crippen MR) is 35.9 cm³/mol. The average Bonchev–Trinajstić information content (AvgIpc) is 1.61. The second-order valence-electron chi connectivity index (χ2n) is 1.56. The third-order valence-corrected chi connectivity index (χ3v) is 0.854. The second kappa shape index (κ2) is 15.6. The van der Waals surface area contributed by atoms with Crippen molar-refractivity contribution >= 4 is 0 Å². The standard InChI is InChI=1S/C6H13.CH3.Zn/c1-3-5-6-4-2;;/h1,3-6H2,2H3;1H3;/q2*-1;+2. The van der Waals surface area contributed by atoms with Gasteiger partial charge in [0.05, 0.1) is 0 Å². The van der Waals surface area contributed by atoms with Crippen LogP contribution in [0.3, 0.4) is 0 Å². The molecular weight excluding hydrogens is 149 g/mol. The molecule has 0 amide bonds. The largest absolute Gasteiger partial charge is 2.00 e. The average molecular weight is 166 g/mol. The maximum absolute atomic E-state index is 3.72. The SMILES string of the molecule is [CH2-]CCCCC.[CH3-].[Zn+2]. The minimum absolute atomic E-state index is 0. The number of rotatable bonds is 3. The molecule has 0 N–H and O–H groups in total. The van der Waals surface area contributed by atoms with Crippen LogP contribution in [0.2, 0.25) is 0 Å². The first-order chi connectivity index (χ1) is 2.91. The zero-order chi connectivity index (χ0) is 4.83. The Morgan fingerprint density at radius 3 is 1.88 bits per heavy atom. The van der Waals surface area contributed by atoms with E-state index in [9.17, 15) is 0 Å². The fraction of sp³-hybridized carbons (Fsp3) is 0.714. The molecule has 0 rings (SSSR count). The first kappa shape index (κ1) is 15.8. The summed E-state index contributed by atoms with van der Waals surface area (Å²) in [6.45, 7) is 5.93. The fourth-order valence-corrected chi connectivity index (χ4v) is 0.427. The third-order valence-electron chi connectivity index (χ3n) is 0.854. The number of hydrogen-bond acceptors (Lipinski definition) is 0. The molecular formula is C7H16Zn. The van der Waals surface area contributed by atoms with Gasteiger partial charge in [-0.1, -0.05) is 26.2 Å². The summed E-state index contributed by atoms with van der Waals surface area (Å²) in [5, 5.41) is 0. The van der Waals surface area contributed by atoms with Gasteiger partial charge in [0.1, 0.15) is 0 Å². The molecule has 0 unspecified atom stereocenters. The third kappa shape index (κ3) is 16.0. The second-order valence-corrected chi connectivity index (χ2v) is 1.56. The van der Waals surface area contributed by atoms with Crippen molar-refractivity contribution in [3.63, 3.8) is 0 Å². The molecule has 0 nitrogen and oxygen atoms in total. The van der Waals surface area contributed by atoms with Crippen LogP contribution in [0.5, 0.6) is 0 Å². The number of unbranched alkanes of at least 4 members (excludes halogenated alkanes) is 3. The van der Waals surface area contributed by atoms with Gasteiger partial charge in [-0.2, -0.15) is 6.42 Å². The van der Waals surface area contributed by atoms with Crippen molar-refractivity contribution in [3.8, 4) is 0 Å². The molecule has 1 heteroatoms. The molecule has 0 saturated carbocycles. The fourth-order valence-electron chi connectivity index (χ4n) is 0.427. The van der Waals surface area contributed by atoms with E-state index in [-0.39, 0.29) is 26.9 Å². The maximum atomic E-state index is 3.72. The Hall–Kier alpha value is 0.623. The summed E-state index contributed by atoms with van der Waals surface area (Å²) in [6.07, 6.45) is 5.07. The van der Waals surface area contributed by atoms with Gasteiger partial charge in [-0.25, -0.2) is 0 Å². The Morgan fingerprint density at radius 2 is 1.75 bits per heavy atom. The van der Waals surface area contributed by atoms with Crippen LogP contribution in [-0.4, -0.2) is 0 Å². The first-order valence-corrected chi connectivity index (χ1v) is 2.71. The van der Waals surface area contributed by atoms with Gasteiger partial charge in [-0.3, -0.25) is 0 Å². The molecule has 0 aliphatic carbocycles. The smallest absolute Gasteiger partial charge is 0.358 e. The molecule has 0 heterocycles. The van der Waals surface area contributed by atoms with Crippen LogP contribution in [-0.2, 0) is 19.5 Å². The normalized spacial score (nSPS) is 6.75. The van der Waals surface area contributed by atoms with Gasteiger partial charge in [0.25, 0.3) is 0 Å². The van der Waals surface area contributed by atoms with Gasteiger partial charge in [0.15, 0.2) is 0 Å². The van der Waals surface area contributed by atoms with Gasteiger partial charge in [0.2, 0.25) is 0 Å². The van der Waals surface area contributed by atoms with E-state index in [2.05, 4.69) is 13.8 Å². The topological polar surface area (TPSA) is 0 Å². The van der Waals surface area contributed by atoms with Gasteiger partial charge in [-0.05, 0) is 0 Å². The molecule has 0 saturated heterocycles. The van der Waals surface area contributed by atoms with E-state index >= 15 is 0 Å². The molecule has 0 spiro atoms. The van der Waals surface area contributed by atoms with E-state index in [1.54, 1.807) is 0 Å². The molecule has 8 heavy (non-hydrogen) atoms. The van der Waals surface area contributed by atoms with Crippen molar-refractivity contribution in [2.45, 2.75) is 32.6 Å². The van der Waals surface area contributed by atoms with Crippen molar-refractivity contribution in [2.75, 3.05) is 0 Å². The Morgan fingerprint density at radius 1 is 1.25 bits per heavy atom. The summed E-state index contributed by atoms with van der Waals surface area (Å²) >= 11 is 0.